The van der Waals surface area contributed by atoms with Crippen LogP contribution >= 0.6 is 0 Å². The van der Waals surface area contributed by atoms with Crippen LogP contribution in [0.2, 0.25) is 0 Å². The van der Waals surface area contributed by atoms with Crippen LogP contribution in [0.15, 0.2) is 146 Å². The van der Waals surface area contributed by atoms with Crippen molar-refractivity contribution >= 4 is 22.7 Å². The van der Waals surface area contributed by atoms with Crippen LogP contribution in [-0.2, 0) is 12.8 Å². The van der Waals surface area contributed by atoms with Crippen LogP contribution in [0.1, 0.15) is 50.7 Å². The second kappa shape index (κ2) is 15.3. The Morgan fingerprint density at radius 3 is 1.46 bits per heavy atom. The first-order chi connectivity index (χ1) is 22.7. The van der Waals surface area contributed by atoms with Crippen molar-refractivity contribution in [3.05, 3.63) is 157 Å². The molecule has 2 nitrogen and oxygen atoms in total. The molecule has 0 spiro atoms. The molecule has 0 saturated heterocycles. The lowest BCUT2D eigenvalue weighted by atomic mass is 9.86. The van der Waals surface area contributed by atoms with Gasteiger partial charge in [-0.05, 0) is 95.0 Å². The summed E-state index contributed by atoms with van der Waals surface area (Å²) >= 11 is 0. The van der Waals surface area contributed by atoms with Crippen LogP contribution in [0.4, 0.5) is 22.7 Å². The summed E-state index contributed by atoms with van der Waals surface area (Å²) in [6.45, 7) is 4.50. The number of para-hydroxylation sites is 2. The predicted octanol–water partition coefficient (Wildman–Crippen LogP) is 12.9. The Hall–Kier alpha value is -5.08. The highest BCUT2D eigenvalue weighted by Crippen LogP contribution is 2.45. The number of hydrogen-bond donors (Lipinski definition) is 2. The van der Waals surface area contributed by atoms with Crippen LogP contribution in [0.25, 0.3) is 33.4 Å². The lowest BCUT2D eigenvalue weighted by Crippen LogP contribution is -2.01. The highest BCUT2D eigenvalue weighted by Gasteiger charge is 2.19. The highest BCUT2D eigenvalue weighted by atomic mass is 14.9. The third-order valence-electron chi connectivity index (χ3n) is 8.71. The van der Waals surface area contributed by atoms with E-state index in [1.54, 1.807) is 0 Å². The number of hydrogen-bond acceptors (Lipinski definition) is 2. The molecule has 6 aromatic rings. The minimum Gasteiger partial charge on any atom is -0.355 e. The quantitative estimate of drug-likeness (QED) is 0.138. The summed E-state index contributed by atoms with van der Waals surface area (Å²) in [5.74, 6) is 0. The summed E-state index contributed by atoms with van der Waals surface area (Å²) < 4.78 is 0. The van der Waals surface area contributed by atoms with E-state index in [0.717, 1.165) is 24.2 Å². The first-order valence-electron chi connectivity index (χ1n) is 16.8. The van der Waals surface area contributed by atoms with E-state index in [2.05, 4.69) is 170 Å². The molecule has 230 valence electrons. The molecule has 2 heteroatoms. The van der Waals surface area contributed by atoms with E-state index < -0.39 is 0 Å². The number of anilines is 4. The van der Waals surface area contributed by atoms with Crippen molar-refractivity contribution in [1.82, 2.24) is 0 Å². The largest absolute Gasteiger partial charge is 0.355 e. The third kappa shape index (κ3) is 7.24. The first-order valence-corrected chi connectivity index (χ1v) is 16.8. The van der Waals surface area contributed by atoms with Crippen molar-refractivity contribution in [3.63, 3.8) is 0 Å². The van der Waals surface area contributed by atoms with E-state index >= 15 is 0 Å². The molecule has 2 N–H and O–H groups in total. The maximum absolute atomic E-state index is 3.88. The van der Waals surface area contributed by atoms with E-state index in [-0.39, 0.29) is 0 Å². The Kier molecular flexibility index (Phi) is 10.3. The van der Waals surface area contributed by atoms with E-state index in [4.69, 9.17) is 0 Å². The maximum Gasteiger partial charge on any atom is 0.0470 e. The monoisotopic (exact) mass is 600 g/mol. The average Bonchev–Trinajstić information content (AvgIpc) is 3.12. The number of unbranched alkanes of at least 4 members (excludes halogenated alkanes) is 2. The summed E-state index contributed by atoms with van der Waals surface area (Å²) in [7, 11) is 0. The SMILES string of the molecule is CCCCc1ccccc1Nc1ccc(-c2ccc(Nc3ccccc3CCCC)c(-c3ccccc3)c2-c2ccccc2)cc1. The van der Waals surface area contributed by atoms with Crippen LogP contribution in [0.5, 0.6) is 0 Å². The van der Waals surface area contributed by atoms with Crippen molar-refractivity contribution in [1.29, 1.82) is 0 Å². The van der Waals surface area contributed by atoms with Gasteiger partial charge in [-0.2, -0.15) is 0 Å². The second-order valence-corrected chi connectivity index (χ2v) is 12.0. The van der Waals surface area contributed by atoms with Gasteiger partial charge in [0.05, 0.1) is 0 Å². The van der Waals surface area contributed by atoms with Gasteiger partial charge in [0.2, 0.25) is 0 Å². The van der Waals surface area contributed by atoms with Gasteiger partial charge in [0.25, 0.3) is 0 Å². The molecule has 0 aliphatic rings. The lowest BCUT2D eigenvalue weighted by Gasteiger charge is -2.22. The van der Waals surface area contributed by atoms with Gasteiger partial charge in [0, 0.05) is 28.3 Å². The molecule has 0 atom stereocenters. The summed E-state index contributed by atoms with van der Waals surface area (Å²) in [5, 5.41) is 7.57. The predicted molar refractivity (Wildman–Crippen MR) is 199 cm³/mol. The Labute approximate surface area is 275 Å². The van der Waals surface area contributed by atoms with Gasteiger partial charge < -0.3 is 10.6 Å². The van der Waals surface area contributed by atoms with Crippen LogP contribution in [0.3, 0.4) is 0 Å². The minimum absolute atomic E-state index is 1.06. The van der Waals surface area contributed by atoms with Crippen molar-refractivity contribution < 1.29 is 0 Å². The molecule has 0 aromatic heterocycles. The molecule has 0 radical (unpaired) electrons. The van der Waals surface area contributed by atoms with E-state index in [0.29, 0.717) is 0 Å². The molecule has 0 unspecified atom stereocenters. The molecular weight excluding hydrogens is 556 g/mol. The molecule has 0 fully saturated rings. The summed E-state index contributed by atoms with van der Waals surface area (Å²) in [6, 6.07) is 52.5. The van der Waals surface area contributed by atoms with Gasteiger partial charge in [0.1, 0.15) is 0 Å². The smallest absolute Gasteiger partial charge is 0.0470 e. The molecule has 6 aromatic carbocycles. The zero-order chi connectivity index (χ0) is 31.6. The number of benzene rings is 6. The van der Waals surface area contributed by atoms with Gasteiger partial charge >= 0.3 is 0 Å². The fourth-order valence-corrected chi connectivity index (χ4v) is 6.25. The third-order valence-corrected chi connectivity index (χ3v) is 8.71. The van der Waals surface area contributed by atoms with Crippen molar-refractivity contribution in [2.45, 2.75) is 52.4 Å². The highest BCUT2D eigenvalue weighted by molar-refractivity contribution is 6.01. The number of nitrogens with one attached hydrogen (secondary N) is 2. The molecular formula is C44H44N2. The zero-order valence-electron chi connectivity index (χ0n) is 27.1. The first kappa shape index (κ1) is 30.9. The molecule has 0 saturated carbocycles. The van der Waals surface area contributed by atoms with Gasteiger partial charge in [-0.25, -0.2) is 0 Å². The normalized spacial score (nSPS) is 10.9. The fraction of sp³-hybridized carbons (Fsp3) is 0.182. The van der Waals surface area contributed by atoms with Crippen LogP contribution in [0, 0.1) is 0 Å². The second-order valence-electron chi connectivity index (χ2n) is 12.0. The minimum atomic E-state index is 1.06. The number of rotatable bonds is 13. The van der Waals surface area contributed by atoms with Crippen LogP contribution in [-0.4, -0.2) is 0 Å². The standard InChI is InChI=1S/C44H44N2/c1-3-5-17-34-19-13-15-25-40(34)45-38-29-27-33(28-30-38)39-31-32-42(46-41-26-16-14-20-35(41)18-6-4-2)44(37-23-11-8-12-24-37)43(39)36-21-9-7-10-22-36/h7-16,19-32,45-46H,3-6,17-18H2,1-2H3. The van der Waals surface area contributed by atoms with E-state index in [9.17, 15) is 0 Å². The Morgan fingerprint density at radius 2 is 0.891 bits per heavy atom. The Bertz CT molecular complexity index is 1840. The van der Waals surface area contributed by atoms with Crippen LogP contribution < -0.4 is 10.6 Å². The molecule has 0 aliphatic heterocycles. The van der Waals surface area contributed by atoms with E-state index in [1.807, 2.05) is 0 Å². The molecule has 0 bridgehead atoms. The summed E-state index contributed by atoms with van der Waals surface area (Å²) in [4.78, 5) is 0. The van der Waals surface area contributed by atoms with Gasteiger partial charge in [0.15, 0.2) is 0 Å². The number of aryl methyl sites for hydroxylation is 2. The molecule has 6 rings (SSSR count). The Balaban J connectivity index is 1.44. The van der Waals surface area contributed by atoms with Gasteiger partial charge in [-0.3, -0.25) is 0 Å². The molecule has 46 heavy (non-hydrogen) atoms. The summed E-state index contributed by atoms with van der Waals surface area (Å²) in [5.41, 5.74) is 14.5. The van der Waals surface area contributed by atoms with Gasteiger partial charge in [-0.1, -0.05) is 142 Å². The van der Waals surface area contributed by atoms with E-state index in [1.165, 1.54) is 81.6 Å². The van der Waals surface area contributed by atoms with Crippen molar-refractivity contribution in [2.75, 3.05) is 10.6 Å². The molecule has 0 amide bonds. The summed E-state index contributed by atoms with van der Waals surface area (Å²) in [6.07, 6.45) is 6.89. The molecule has 0 aliphatic carbocycles. The Morgan fingerprint density at radius 1 is 0.391 bits per heavy atom. The van der Waals surface area contributed by atoms with Crippen molar-refractivity contribution in [3.8, 4) is 33.4 Å². The fourth-order valence-electron chi connectivity index (χ4n) is 6.25. The maximum atomic E-state index is 3.88. The molecule has 0 heterocycles. The topological polar surface area (TPSA) is 24.1 Å². The van der Waals surface area contributed by atoms with Gasteiger partial charge in [-0.15, -0.1) is 0 Å². The lowest BCUT2D eigenvalue weighted by molar-refractivity contribution is 0.796. The zero-order valence-corrected chi connectivity index (χ0v) is 27.1. The van der Waals surface area contributed by atoms with Crippen molar-refractivity contribution in [2.24, 2.45) is 0 Å². The average molecular weight is 601 g/mol.